The highest BCUT2D eigenvalue weighted by molar-refractivity contribution is 5.97. The summed E-state index contributed by atoms with van der Waals surface area (Å²) in [6.45, 7) is 5.18. The van der Waals surface area contributed by atoms with Crippen molar-refractivity contribution in [2.24, 2.45) is 11.8 Å². The molecule has 6 heteroatoms. The van der Waals surface area contributed by atoms with E-state index in [4.69, 9.17) is 4.74 Å². The maximum absolute atomic E-state index is 13.0. The summed E-state index contributed by atoms with van der Waals surface area (Å²) in [5.74, 6) is -0.0805. The first-order chi connectivity index (χ1) is 11.9. The van der Waals surface area contributed by atoms with E-state index in [2.05, 4.69) is 12.2 Å². The molecule has 2 aliphatic rings. The predicted molar refractivity (Wildman–Crippen MR) is 93.7 cm³/mol. The van der Waals surface area contributed by atoms with Crippen LogP contribution in [0.15, 0.2) is 29.3 Å². The first kappa shape index (κ1) is 17.5. The molecule has 0 aromatic carbocycles. The Morgan fingerprint density at radius 2 is 1.64 bits per heavy atom. The van der Waals surface area contributed by atoms with Crippen molar-refractivity contribution in [1.29, 1.82) is 0 Å². The van der Waals surface area contributed by atoms with Crippen molar-refractivity contribution >= 4 is 11.9 Å². The lowest BCUT2D eigenvalue weighted by atomic mass is 9.86. The van der Waals surface area contributed by atoms with Crippen LogP contribution in [0, 0.1) is 11.8 Å². The van der Waals surface area contributed by atoms with Gasteiger partial charge in [0.25, 0.3) is 5.91 Å². The normalized spacial score (nSPS) is 22.2. The highest BCUT2D eigenvalue weighted by Gasteiger charge is 2.36. The molecule has 25 heavy (non-hydrogen) atoms. The standard InChI is InChI=1S/C19H24N2O4/c1-12(2)20-10-15(17(22)16(11-20)19(24)25-3)18(23)21-8-13-6-4-5-7-14(13)9-21/h4-5,10-14H,6-9H2,1-3H3/t13-,14+. The van der Waals surface area contributed by atoms with Crippen LogP contribution in [-0.4, -0.2) is 41.5 Å². The van der Waals surface area contributed by atoms with Gasteiger partial charge in [-0.05, 0) is 38.5 Å². The maximum Gasteiger partial charge on any atom is 0.343 e. The minimum Gasteiger partial charge on any atom is -0.465 e. The Kier molecular flexibility index (Phi) is 4.79. The van der Waals surface area contributed by atoms with Gasteiger partial charge in [0.05, 0.1) is 7.11 Å². The number of hydrogen-bond acceptors (Lipinski definition) is 4. The monoisotopic (exact) mass is 344 g/mol. The summed E-state index contributed by atoms with van der Waals surface area (Å²) in [4.78, 5) is 39.4. The predicted octanol–water partition coefficient (Wildman–Crippen LogP) is 2.25. The van der Waals surface area contributed by atoms with Gasteiger partial charge in [-0.2, -0.15) is 0 Å². The average Bonchev–Trinajstić information content (AvgIpc) is 3.04. The minimum atomic E-state index is -0.714. The first-order valence-corrected chi connectivity index (χ1v) is 8.70. The molecular weight excluding hydrogens is 320 g/mol. The molecule has 1 aliphatic heterocycles. The quantitative estimate of drug-likeness (QED) is 0.623. The zero-order chi connectivity index (χ0) is 18.1. The summed E-state index contributed by atoms with van der Waals surface area (Å²) in [6, 6.07) is 0.0147. The lowest BCUT2D eigenvalue weighted by molar-refractivity contribution is 0.0598. The van der Waals surface area contributed by atoms with E-state index in [-0.39, 0.29) is 23.1 Å². The van der Waals surface area contributed by atoms with Crippen LogP contribution in [0.4, 0.5) is 0 Å². The number of fused-ring (bicyclic) bond motifs is 1. The Morgan fingerprint density at radius 1 is 1.08 bits per heavy atom. The van der Waals surface area contributed by atoms with E-state index in [9.17, 15) is 14.4 Å². The second-order valence-electron chi connectivity index (χ2n) is 7.12. The number of hydrogen-bond donors (Lipinski definition) is 0. The highest BCUT2D eigenvalue weighted by Crippen LogP contribution is 2.33. The third-order valence-corrected chi connectivity index (χ3v) is 5.19. The number of carbonyl (C=O) groups excluding carboxylic acids is 2. The molecule has 0 N–H and O–H groups in total. The summed E-state index contributed by atoms with van der Waals surface area (Å²) < 4.78 is 6.42. The van der Waals surface area contributed by atoms with Gasteiger partial charge in [-0.15, -0.1) is 0 Å². The fraction of sp³-hybridized carbons (Fsp3) is 0.526. The van der Waals surface area contributed by atoms with Crippen molar-refractivity contribution in [2.45, 2.75) is 32.7 Å². The van der Waals surface area contributed by atoms with Gasteiger partial charge in [0.1, 0.15) is 11.1 Å². The van der Waals surface area contributed by atoms with Crippen molar-refractivity contribution < 1.29 is 14.3 Å². The lowest BCUT2D eigenvalue weighted by Crippen LogP contribution is -2.35. The average molecular weight is 344 g/mol. The van der Waals surface area contributed by atoms with Crippen LogP contribution < -0.4 is 5.43 Å². The van der Waals surface area contributed by atoms with Gasteiger partial charge >= 0.3 is 5.97 Å². The number of carbonyl (C=O) groups is 2. The molecular formula is C19H24N2O4. The van der Waals surface area contributed by atoms with Gasteiger partial charge in [0.15, 0.2) is 0 Å². The van der Waals surface area contributed by atoms with E-state index in [1.54, 1.807) is 15.7 Å². The van der Waals surface area contributed by atoms with Gasteiger partial charge in [0.2, 0.25) is 5.43 Å². The largest absolute Gasteiger partial charge is 0.465 e. The molecule has 2 heterocycles. The van der Waals surface area contributed by atoms with E-state index in [1.807, 2.05) is 13.8 Å². The molecule has 134 valence electrons. The number of nitrogens with zero attached hydrogens (tertiary/aromatic N) is 2. The second-order valence-corrected chi connectivity index (χ2v) is 7.12. The number of methoxy groups -OCH3 is 1. The van der Waals surface area contributed by atoms with Gasteiger partial charge < -0.3 is 14.2 Å². The number of rotatable bonds is 3. The Hall–Kier alpha value is -2.37. The van der Waals surface area contributed by atoms with Crippen molar-refractivity contribution in [3.63, 3.8) is 0 Å². The minimum absolute atomic E-state index is 0.0147. The number of pyridine rings is 1. The van der Waals surface area contributed by atoms with Gasteiger partial charge in [-0.1, -0.05) is 12.2 Å². The van der Waals surface area contributed by atoms with Crippen LogP contribution in [0.5, 0.6) is 0 Å². The van der Waals surface area contributed by atoms with Crippen molar-refractivity contribution in [1.82, 2.24) is 9.47 Å². The molecule has 1 aromatic heterocycles. The van der Waals surface area contributed by atoms with Gasteiger partial charge in [-0.25, -0.2) is 4.79 Å². The summed E-state index contributed by atoms with van der Waals surface area (Å²) in [5, 5.41) is 0. The maximum atomic E-state index is 13.0. The molecule has 0 radical (unpaired) electrons. The Balaban J connectivity index is 1.95. The Morgan fingerprint density at radius 3 is 2.16 bits per heavy atom. The van der Waals surface area contributed by atoms with Crippen LogP contribution in [-0.2, 0) is 4.74 Å². The molecule has 1 aliphatic carbocycles. The van der Waals surface area contributed by atoms with E-state index in [1.165, 1.54) is 13.3 Å². The number of allylic oxidation sites excluding steroid dienone is 2. The molecule has 0 spiro atoms. The van der Waals surface area contributed by atoms with Crippen LogP contribution in [0.1, 0.15) is 53.4 Å². The third kappa shape index (κ3) is 3.25. The molecule has 0 saturated carbocycles. The van der Waals surface area contributed by atoms with E-state index >= 15 is 0 Å². The Labute approximate surface area is 147 Å². The number of likely N-dealkylation sites (tertiary alicyclic amines) is 1. The van der Waals surface area contributed by atoms with E-state index in [0.29, 0.717) is 24.9 Å². The summed E-state index contributed by atoms with van der Waals surface area (Å²) in [6.07, 6.45) is 9.31. The van der Waals surface area contributed by atoms with Crippen molar-refractivity contribution in [3.8, 4) is 0 Å². The van der Waals surface area contributed by atoms with Crippen molar-refractivity contribution in [2.75, 3.05) is 20.2 Å². The van der Waals surface area contributed by atoms with Crippen LogP contribution in [0.2, 0.25) is 0 Å². The number of ether oxygens (including phenoxy) is 1. The highest BCUT2D eigenvalue weighted by atomic mass is 16.5. The fourth-order valence-electron chi connectivity index (χ4n) is 3.65. The van der Waals surface area contributed by atoms with Crippen molar-refractivity contribution in [3.05, 3.63) is 45.9 Å². The Bertz CT molecular complexity index is 762. The smallest absolute Gasteiger partial charge is 0.343 e. The molecule has 1 aromatic rings. The van der Waals surface area contributed by atoms with Gasteiger partial charge in [0, 0.05) is 31.5 Å². The molecule has 2 atom stereocenters. The van der Waals surface area contributed by atoms with Crippen LogP contribution in [0.25, 0.3) is 0 Å². The first-order valence-electron chi connectivity index (χ1n) is 8.70. The van der Waals surface area contributed by atoms with E-state index < -0.39 is 11.4 Å². The van der Waals surface area contributed by atoms with Gasteiger partial charge in [-0.3, -0.25) is 9.59 Å². The second kappa shape index (κ2) is 6.86. The molecule has 1 saturated heterocycles. The zero-order valence-corrected chi connectivity index (χ0v) is 14.9. The van der Waals surface area contributed by atoms with Crippen LogP contribution >= 0.6 is 0 Å². The number of amides is 1. The van der Waals surface area contributed by atoms with E-state index in [0.717, 1.165) is 12.8 Å². The molecule has 6 nitrogen and oxygen atoms in total. The molecule has 1 amide bonds. The fourth-order valence-corrected chi connectivity index (χ4v) is 3.65. The molecule has 1 fully saturated rings. The number of esters is 1. The summed E-state index contributed by atoms with van der Waals surface area (Å²) >= 11 is 0. The zero-order valence-electron chi connectivity index (χ0n) is 14.9. The lowest BCUT2D eigenvalue weighted by Gasteiger charge is -2.19. The SMILES string of the molecule is COC(=O)c1cn(C(C)C)cc(C(=O)N2C[C@H]3CC=CC[C@H]3C2)c1=O. The molecule has 3 rings (SSSR count). The molecule has 0 unspecified atom stereocenters. The summed E-state index contributed by atoms with van der Waals surface area (Å²) in [5.41, 5.74) is -0.606. The van der Waals surface area contributed by atoms with Crippen LogP contribution in [0.3, 0.4) is 0 Å². The number of aromatic nitrogens is 1. The summed E-state index contributed by atoms with van der Waals surface area (Å²) in [7, 11) is 1.23. The molecule has 0 bridgehead atoms. The third-order valence-electron chi connectivity index (χ3n) is 5.19. The topological polar surface area (TPSA) is 68.6 Å².